The molecule has 130 valence electrons. The summed E-state index contributed by atoms with van der Waals surface area (Å²) in [6.07, 6.45) is 3.50. The fraction of sp³-hybridized carbons (Fsp3) is 0.278. The lowest BCUT2D eigenvalue weighted by atomic mass is 10.2. The largest absolute Gasteiger partial charge is 0.322 e. The number of benzene rings is 1. The number of carbonyl (C=O) groups is 2. The normalized spacial score (nSPS) is 16.6. The van der Waals surface area contributed by atoms with Gasteiger partial charge in [0.2, 0.25) is 0 Å². The Bertz CT molecular complexity index is 779. The smallest absolute Gasteiger partial charge is 0.322 e. The first-order chi connectivity index (χ1) is 12.0. The number of urea groups is 1. The van der Waals surface area contributed by atoms with Crippen LogP contribution in [0.15, 0.2) is 42.6 Å². The Kier molecular flexibility index (Phi) is 5.19. The Morgan fingerprint density at radius 1 is 1.24 bits per heavy atom. The van der Waals surface area contributed by atoms with Crippen molar-refractivity contribution in [1.29, 1.82) is 0 Å². The molecule has 7 heteroatoms. The van der Waals surface area contributed by atoms with E-state index in [9.17, 15) is 9.59 Å². The van der Waals surface area contributed by atoms with Crippen LogP contribution in [0, 0.1) is 0 Å². The number of rotatable bonds is 3. The van der Waals surface area contributed by atoms with Crippen molar-refractivity contribution in [2.75, 3.05) is 17.2 Å². The first-order valence-corrected chi connectivity index (χ1v) is 8.51. The minimum Gasteiger partial charge on any atom is -0.322 e. The van der Waals surface area contributed by atoms with Crippen molar-refractivity contribution >= 4 is 35.0 Å². The van der Waals surface area contributed by atoms with Crippen LogP contribution in [0.1, 0.15) is 30.1 Å². The van der Waals surface area contributed by atoms with Crippen molar-refractivity contribution in [1.82, 2.24) is 9.88 Å². The van der Waals surface area contributed by atoms with E-state index in [0.717, 1.165) is 19.4 Å². The second kappa shape index (κ2) is 7.53. The van der Waals surface area contributed by atoms with Gasteiger partial charge in [-0.3, -0.25) is 4.79 Å². The molecule has 1 aromatic heterocycles. The van der Waals surface area contributed by atoms with Crippen molar-refractivity contribution in [3.05, 3.63) is 53.2 Å². The van der Waals surface area contributed by atoms with Crippen molar-refractivity contribution in [2.45, 2.75) is 25.8 Å². The summed E-state index contributed by atoms with van der Waals surface area (Å²) in [6, 6.07) is 10.2. The molecule has 1 atom stereocenters. The number of carbonyl (C=O) groups excluding carboxylic acids is 2. The number of aromatic nitrogens is 1. The van der Waals surface area contributed by atoms with Crippen molar-refractivity contribution in [3.63, 3.8) is 0 Å². The Balaban J connectivity index is 1.67. The molecule has 0 aliphatic carbocycles. The quantitative estimate of drug-likeness (QED) is 0.870. The molecule has 3 amide bonds. The van der Waals surface area contributed by atoms with Gasteiger partial charge < -0.3 is 15.5 Å². The molecule has 0 radical (unpaired) electrons. The van der Waals surface area contributed by atoms with Gasteiger partial charge in [0.05, 0.1) is 5.02 Å². The van der Waals surface area contributed by atoms with Gasteiger partial charge in [-0.15, -0.1) is 0 Å². The molecule has 1 unspecified atom stereocenters. The Hall–Kier alpha value is -2.60. The molecule has 1 aromatic carbocycles. The second-order valence-corrected chi connectivity index (χ2v) is 6.45. The van der Waals surface area contributed by atoms with Gasteiger partial charge in [-0.2, -0.15) is 0 Å². The minimum absolute atomic E-state index is 0.137. The minimum atomic E-state index is -0.305. The Labute approximate surface area is 151 Å². The maximum absolute atomic E-state index is 12.3. The second-order valence-electron chi connectivity index (χ2n) is 6.01. The summed E-state index contributed by atoms with van der Waals surface area (Å²) in [6.45, 7) is 2.80. The van der Waals surface area contributed by atoms with Crippen molar-refractivity contribution in [2.24, 2.45) is 0 Å². The van der Waals surface area contributed by atoms with Crippen LogP contribution in [0.4, 0.5) is 16.3 Å². The summed E-state index contributed by atoms with van der Waals surface area (Å²) in [4.78, 5) is 30.5. The van der Waals surface area contributed by atoms with Crippen LogP contribution in [-0.2, 0) is 0 Å². The van der Waals surface area contributed by atoms with Crippen LogP contribution in [0.3, 0.4) is 0 Å². The number of likely N-dealkylation sites (tertiary alicyclic amines) is 1. The molecule has 0 saturated carbocycles. The highest BCUT2D eigenvalue weighted by molar-refractivity contribution is 6.30. The zero-order valence-corrected chi connectivity index (χ0v) is 14.6. The number of hydrogen-bond donors (Lipinski definition) is 2. The molecule has 2 N–H and O–H groups in total. The highest BCUT2D eigenvalue weighted by Crippen LogP contribution is 2.19. The predicted molar refractivity (Wildman–Crippen MR) is 98.1 cm³/mol. The molecule has 2 heterocycles. The van der Waals surface area contributed by atoms with Gasteiger partial charge in [0.15, 0.2) is 0 Å². The number of halogens is 1. The number of pyridine rings is 1. The molecule has 25 heavy (non-hydrogen) atoms. The summed E-state index contributed by atoms with van der Waals surface area (Å²) in [5.74, 6) is 0.107. The highest BCUT2D eigenvalue weighted by Gasteiger charge is 2.25. The lowest BCUT2D eigenvalue weighted by molar-refractivity contribution is 0.102. The van der Waals surface area contributed by atoms with Gasteiger partial charge in [0.25, 0.3) is 5.91 Å². The van der Waals surface area contributed by atoms with Crippen LogP contribution >= 0.6 is 11.6 Å². The van der Waals surface area contributed by atoms with E-state index in [1.54, 1.807) is 36.4 Å². The van der Waals surface area contributed by atoms with Crippen LogP contribution in [0.2, 0.25) is 5.02 Å². The summed E-state index contributed by atoms with van der Waals surface area (Å²) in [7, 11) is 0. The molecule has 1 fully saturated rings. The summed E-state index contributed by atoms with van der Waals surface area (Å²) < 4.78 is 0. The molecule has 0 bridgehead atoms. The van der Waals surface area contributed by atoms with E-state index in [0.29, 0.717) is 22.1 Å². The Morgan fingerprint density at radius 2 is 2.08 bits per heavy atom. The first kappa shape index (κ1) is 17.2. The van der Waals surface area contributed by atoms with Gasteiger partial charge in [-0.1, -0.05) is 17.7 Å². The van der Waals surface area contributed by atoms with Gasteiger partial charge in [-0.05, 0) is 50.1 Å². The van der Waals surface area contributed by atoms with Gasteiger partial charge in [0.1, 0.15) is 5.82 Å². The van der Waals surface area contributed by atoms with Crippen LogP contribution in [0.25, 0.3) is 0 Å². The lowest BCUT2D eigenvalue weighted by Crippen LogP contribution is -2.37. The fourth-order valence-corrected chi connectivity index (χ4v) is 2.92. The van der Waals surface area contributed by atoms with Crippen molar-refractivity contribution in [3.8, 4) is 0 Å². The highest BCUT2D eigenvalue weighted by atomic mass is 35.5. The topological polar surface area (TPSA) is 74.3 Å². The monoisotopic (exact) mass is 358 g/mol. The third-order valence-electron chi connectivity index (χ3n) is 4.16. The molecule has 2 aromatic rings. The lowest BCUT2D eigenvalue weighted by Gasteiger charge is -2.21. The van der Waals surface area contributed by atoms with E-state index < -0.39 is 0 Å². The predicted octanol–water partition coefficient (Wildman–Crippen LogP) is 4.00. The number of nitrogens with one attached hydrogen (secondary N) is 2. The standard InChI is InChI=1S/C18H19ClN4O2/c1-12-4-3-9-23(12)18(25)21-15-6-2-5-13(10-15)17(24)22-16-8-7-14(19)11-20-16/h2,5-8,10-12H,3-4,9H2,1H3,(H,21,25)(H,20,22,24). The summed E-state index contributed by atoms with van der Waals surface area (Å²) in [5.41, 5.74) is 1.02. The number of nitrogens with zero attached hydrogens (tertiary/aromatic N) is 2. The first-order valence-electron chi connectivity index (χ1n) is 8.13. The van der Waals surface area contributed by atoms with Crippen LogP contribution < -0.4 is 10.6 Å². The number of anilines is 2. The van der Waals surface area contributed by atoms with E-state index in [1.165, 1.54) is 6.20 Å². The van der Waals surface area contributed by atoms with Crippen LogP contribution in [-0.4, -0.2) is 34.4 Å². The van der Waals surface area contributed by atoms with Gasteiger partial charge in [-0.25, -0.2) is 9.78 Å². The van der Waals surface area contributed by atoms with E-state index in [1.807, 2.05) is 11.8 Å². The molecule has 0 spiro atoms. The zero-order chi connectivity index (χ0) is 17.8. The molecule has 3 rings (SSSR count). The SMILES string of the molecule is CC1CCCN1C(=O)Nc1cccc(C(=O)Nc2ccc(Cl)cn2)c1. The number of amides is 3. The van der Waals surface area contributed by atoms with Gasteiger partial charge >= 0.3 is 6.03 Å². The van der Waals surface area contributed by atoms with E-state index in [-0.39, 0.29) is 18.0 Å². The summed E-state index contributed by atoms with van der Waals surface area (Å²) in [5, 5.41) is 6.05. The van der Waals surface area contributed by atoms with Gasteiger partial charge in [0, 0.05) is 30.0 Å². The van der Waals surface area contributed by atoms with E-state index in [4.69, 9.17) is 11.6 Å². The zero-order valence-electron chi connectivity index (χ0n) is 13.8. The van der Waals surface area contributed by atoms with Crippen LogP contribution in [0.5, 0.6) is 0 Å². The summed E-state index contributed by atoms with van der Waals surface area (Å²) >= 11 is 5.78. The average molecular weight is 359 g/mol. The third kappa shape index (κ3) is 4.28. The van der Waals surface area contributed by atoms with E-state index >= 15 is 0 Å². The third-order valence-corrected chi connectivity index (χ3v) is 4.38. The maximum Gasteiger partial charge on any atom is 0.322 e. The average Bonchev–Trinajstić information content (AvgIpc) is 3.03. The molecule has 6 nitrogen and oxygen atoms in total. The molecule has 1 saturated heterocycles. The maximum atomic E-state index is 12.3. The molecule has 1 aliphatic rings. The van der Waals surface area contributed by atoms with E-state index in [2.05, 4.69) is 15.6 Å². The fourth-order valence-electron chi connectivity index (χ4n) is 2.81. The number of hydrogen-bond acceptors (Lipinski definition) is 3. The molecule has 1 aliphatic heterocycles. The molecular formula is C18H19ClN4O2. The molecular weight excluding hydrogens is 340 g/mol. The Morgan fingerprint density at radius 3 is 2.76 bits per heavy atom. The van der Waals surface area contributed by atoms with Crippen molar-refractivity contribution < 1.29 is 9.59 Å².